The van der Waals surface area contributed by atoms with Gasteiger partial charge in [0.05, 0.1) is 4.21 Å². The first-order chi connectivity index (χ1) is 11.6. The van der Waals surface area contributed by atoms with Gasteiger partial charge in [0.1, 0.15) is 0 Å². The summed E-state index contributed by atoms with van der Waals surface area (Å²) in [5.41, 5.74) is 10.9. The van der Waals surface area contributed by atoms with Gasteiger partial charge in [0, 0.05) is 21.2 Å². The van der Waals surface area contributed by atoms with Crippen LogP contribution in [0.25, 0.3) is 11.1 Å². The van der Waals surface area contributed by atoms with Gasteiger partial charge in [0.15, 0.2) is 0 Å². The second-order valence-electron chi connectivity index (χ2n) is 5.80. The highest BCUT2D eigenvalue weighted by Gasteiger charge is 2.07. The largest absolute Gasteiger partial charge is 0.326 e. The Kier molecular flexibility index (Phi) is 5.72. The minimum atomic E-state index is 0.615. The molecule has 0 aliphatic heterocycles. The number of hydrogen-bond donors (Lipinski definition) is 1. The molecule has 124 valence electrons. The van der Waals surface area contributed by atoms with Crippen molar-refractivity contribution in [2.45, 2.75) is 34.4 Å². The maximum absolute atomic E-state index is 5.73. The molecule has 0 aliphatic rings. The van der Waals surface area contributed by atoms with Crippen molar-refractivity contribution in [2.75, 3.05) is 6.26 Å². The zero-order valence-electron chi connectivity index (χ0n) is 14.1. The molecule has 3 rings (SSSR count). The van der Waals surface area contributed by atoms with Gasteiger partial charge in [-0.2, -0.15) is 0 Å². The van der Waals surface area contributed by atoms with Gasteiger partial charge in [0.25, 0.3) is 0 Å². The van der Waals surface area contributed by atoms with Crippen molar-refractivity contribution in [1.29, 1.82) is 0 Å². The van der Waals surface area contributed by atoms with E-state index in [9.17, 15) is 0 Å². The van der Waals surface area contributed by atoms with Crippen LogP contribution in [0.5, 0.6) is 0 Å². The Hall–Kier alpha value is -1.20. The summed E-state index contributed by atoms with van der Waals surface area (Å²) in [6, 6.07) is 17.9. The van der Waals surface area contributed by atoms with Gasteiger partial charge in [0.2, 0.25) is 0 Å². The molecule has 2 N–H and O–H groups in total. The molecule has 24 heavy (non-hydrogen) atoms. The van der Waals surface area contributed by atoms with Crippen molar-refractivity contribution in [3.63, 3.8) is 0 Å². The minimum absolute atomic E-state index is 0.615. The summed E-state index contributed by atoms with van der Waals surface area (Å²) in [5.74, 6) is 0. The van der Waals surface area contributed by atoms with Crippen LogP contribution in [0.3, 0.4) is 0 Å². The van der Waals surface area contributed by atoms with Gasteiger partial charge >= 0.3 is 0 Å². The lowest BCUT2D eigenvalue weighted by Gasteiger charge is -2.10. The van der Waals surface area contributed by atoms with Crippen LogP contribution in [0.1, 0.15) is 16.0 Å². The summed E-state index contributed by atoms with van der Waals surface area (Å²) < 4.78 is 1.29. The third-order valence-corrected chi connectivity index (χ3v) is 6.65. The second-order valence-corrected chi connectivity index (χ2v) is 9.22. The molecule has 0 saturated heterocycles. The molecular weight excluding hydrogens is 350 g/mol. The van der Waals surface area contributed by atoms with Gasteiger partial charge in [-0.15, -0.1) is 23.1 Å². The molecule has 0 fully saturated rings. The van der Waals surface area contributed by atoms with Gasteiger partial charge in [-0.3, -0.25) is 0 Å². The van der Waals surface area contributed by atoms with Crippen LogP contribution in [0.4, 0.5) is 0 Å². The second kappa shape index (κ2) is 7.79. The first kappa shape index (κ1) is 17.6. The van der Waals surface area contributed by atoms with Crippen molar-refractivity contribution in [3.8, 4) is 11.1 Å². The lowest BCUT2D eigenvalue weighted by molar-refractivity contribution is 1.11. The first-order valence-corrected chi connectivity index (χ1v) is 10.7. The first-order valence-electron chi connectivity index (χ1n) is 7.82. The molecule has 0 radical (unpaired) electrons. The van der Waals surface area contributed by atoms with Crippen molar-refractivity contribution in [3.05, 3.63) is 64.5 Å². The molecule has 0 atom stereocenters. The van der Waals surface area contributed by atoms with E-state index < -0.39 is 0 Å². The maximum Gasteiger partial charge on any atom is 0.0649 e. The zero-order chi connectivity index (χ0) is 17.1. The van der Waals surface area contributed by atoms with Gasteiger partial charge < -0.3 is 5.73 Å². The van der Waals surface area contributed by atoms with Crippen LogP contribution in [-0.4, -0.2) is 6.26 Å². The molecule has 1 nitrogen and oxygen atoms in total. The number of aryl methyl sites for hydroxylation is 2. The molecule has 1 heterocycles. The standard InChI is InChI=1S/C20H21NS3/c1-13-6-14(2)8-15(7-13)16-9-18(22-3)11-19(10-16)24-20-5-4-17(12-21)23-20/h4-11H,12,21H2,1-3H3. The van der Waals surface area contributed by atoms with Crippen LogP contribution in [-0.2, 0) is 6.54 Å². The summed E-state index contributed by atoms with van der Waals surface area (Å²) >= 11 is 5.39. The summed E-state index contributed by atoms with van der Waals surface area (Å²) in [7, 11) is 0. The van der Waals surface area contributed by atoms with E-state index in [0.717, 1.165) is 0 Å². The molecule has 0 bridgehead atoms. The highest BCUT2D eigenvalue weighted by molar-refractivity contribution is 8.01. The van der Waals surface area contributed by atoms with E-state index in [1.54, 1.807) is 23.1 Å². The number of nitrogens with two attached hydrogens (primary N) is 1. The molecule has 0 spiro atoms. The van der Waals surface area contributed by atoms with Crippen LogP contribution in [0.15, 0.2) is 62.5 Å². The summed E-state index contributed by atoms with van der Waals surface area (Å²) in [6.07, 6.45) is 2.13. The van der Waals surface area contributed by atoms with Gasteiger partial charge in [-0.25, -0.2) is 0 Å². The number of benzene rings is 2. The van der Waals surface area contributed by atoms with Crippen molar-refractivity contribution in [1.82, 2.24) is 0 Å². The summed E-state index contributed by atoms with van der Waals surface area (Å²) in [5, 5.41) is 0. The predicted molar refractivity (Wildman–Crippen MR) is 109 cm³/mol. The topological polar surface area (TPSA) is 26.0 Å². The van der Waals surface area contributed by atoms with E-state index in [1.807, 2.05) is 11.8 Å². The quantitative estimate of drug-likeness (QED) is 0.528. The normalized spacial score (nSPS) is 11.0. The van der Waals surface area contributed by atoms with E-state index in [2.05, 4.69) is 68.6 Å². The fraction of sp³-hybridized carbons (Fsp3) is 0.200. The molecule has 0 saturated carbocycles. The third kappa shape index (κ3) is 4.25. The Labute approximate surface area is 156 Å². The fourth-order valence-corrected chi connectivity index (χ4v) is 5.39. The van der Waals surface area contributed by atoms with E-state index in [-0.39, 0.29) is 0 Å². The van der Waals surface area contributed by atoms with Crippen molar-refractivity contribution >= 4 is 34.9 Å². The third-order valence-electron chi connectivity index (χ3n) is 3.73. The van der Waals surface area contributed by atoms with E-state index >= 15 is 0 Å². The van der Waals surface area contributed by atoms with Gasteiger partial charge in [-0.05, 0) is 61.6 Å². The average molecular weight is 372 g/mol. The Morgan fingerprint density at radius 3 is 2.17 bits per heavy atom. The van der Waals surface area contributed by atoms with Crippen LogP contribution >= 0.6 is 34.9 Å². The number of thioether (sulfide) groups is 1. The molecule has 4 heteroatoms. The summed E-state index contributed by atoms with van der Waals surface area (Å²) in [4.78, 5) is 3.80. The Morgan fingerprint density at radius 1 is 0.875 bits per heavy atom. The number of thiophene rings is 1. The molecule has 2 aromatic carbocycles. The Bertz CT molecular complexity index is 832. The highest BCUT2D eigenvalue weighted by atomic mass is 32.2. The fourth-order valence-electron chi connectivity index (χ4n) is 2.70. The van der Waals surface area contributed by atoms with E-state index in [4.69, 9.17) is 5.73 Å². The SMILES string of the molecule is CSc1cc(Sc2ccc(CN)s2)cc(-c2cc(C)cc(C)c2)c1. The van der Waals surface area contributed by atoms with Gasteiger partial charge in [-0.1, -0.05) is 41.1 Å². The average Bonchev–Trinajstić information content (AvgIpc) is 3.01. The monoisotopic (exact) mass is 371 g/mol. The van der Waals surface area contributed by atoms with E-state index in [0.29, 0.717) is 6.54 Å². The number of rotatable bonds is 5. The number of hydrogen-bond acceptors (Lipinski definition) is 4. The molecule has 1 aromatic heterocycles. The van der Waals surface area contributed by atoms with E-state index in [1.165, 1.54) is 41.1 Å². The minimum Gasteiger partial charge on any atom is -0.326 e. The predicted octanol–water partition coefficient (Wildman–Crippen LogP) is 6.36. The van der Waals surface area contributed by atoms with Crippen molar-refractivity contribution < 1.29 is 0 Å². The maximum atomic E-state index is 5.73. The van der Waals surface area contributed by atoms with Crippen LogP contribution in [0.2, 0.25) is 0 Å². The molecule has 0 aliphatic carbocycles. The molecular formula is C20H21NS3. The smallest absolute Gasteiger partial charge is 0.0649 e. The molecule has 3 aromatic rings. The Morgan fingerprint density at radius 2 is 1.54 bits per heavy atom. The Balaban J connectivity index is 1.98. The van der Waals surface area contributed by atoms with Crippen LogP contribution in [0, 0.1) is 13.8 Å². The summed E-state index contributed by atoms with van der Waals surface area (Å²) in [6.45, 7) is 4.93. The zero-order valence-corrected chi connectivity index (χ0v) is 16.6. The molecule has 0 amide bonds. The highest BCUT2D eigenvalue weighted by Crippen LogP contribution is 2.37. The van der Waals surface area contributed by atoms with Crippen molar-refractivity contribution in [2.24, 2.45) is 5.73 Å². The lowest BCUT2D eigenvalue weighted by atomic mass is 10.0. The van der Waals surface area contributed by atoms with Crippen LogP contribution < -0.4 is 5.73 Å². The lowest BCUT2D eigenvalue weighted by Crippen LogP contribution is -1.90. The molecule has 0 unspecified atom stereocenters.